The second kappa shape index (κ2) is 11.8. The number of hydrogen-bond acceptors (Lipinski definition) is 6. The van der Waals surface area contributed by atoms with Crippen LogP contribution >= 0.6 is 0 Å². The molecule has 3 N–H and O–H groups in total. The minimum absolute atomic E-state index is 0.0857. The summed E-state index contributed by atoms with van der Waals surface area (Å²) in [5.74, 6) is 1.75. The normalized spacial score (nSPS) is 12.8. The Morgan fingerprint density at radius 3 is 2.55 bits per heavy atom. The van der Waals surface area contributed by atoms with Crippen molar-refractivity contribution in [2.75, 3.05) is 38.6 Å². The molecule has 0 fully saturated rings. The van der Waals surface area contributed by atoms with Gasteiger partial charge in [-0.25, -0.2) is 15.0 Å². The van der Waals surface area contributed by atoms with Gasteiger partial charge in [-0.2, -0.15) is 13.2 Å². The molecule has 1 atom stereocenters. The number of methoxy groups -OCH3 is 1. The number of aliphatic imine (C=N–C) groups is 1. The number of aromatic nitrogens is 2. The lowest BCUT2D eigenvalue weighted by Crippen LogP contribution is -2.40. The second-order valence-electron chi connectivity index (χ2n) is 6.42. The van der Waals surface area contributed by atoms with Crippen LogP contribution in [0.25, 0.3) is 0 Å². The lowest BCUT2D eigenvalue weighted by molar-refractivity contribution is -0.141. The summed E-state index contributed by atoms with van der Waals surface area (Å²) < 4.78 is 49.3. The van der Waals surface area contributed by atoms with Crippen LogP contribution in [0.1, 0.15) is 19.5 Å². The molecular weight excluding hydrogens is 413 g/mol. The molecule has 2 aromatic rings. The number of hydrogen-bond donors (Lipinski definition) is 3. The van der Waals surface area contributed by atoms with Gasteiger partial charge in [-0.3, -0.25) is 0 Å². The summed E-state index contributed by atoms with van der Waals surface area (Å²) in [5, 5.41) is 8.96. The van der Waals surface area contributed by atoms with Gasteiger partial charge in [0.15, 0.2) is 17.5 Å². The Hall–Kier alpha value is -3.24. The molecule has 31 heavy (non-hydrogen) atoms. The van der Waals surface area contributed by atoms with Crippen molar-refractivity contribution in [1.82, 2.24) is 20.6 Å². The van der Waals surface area contributed by atoms with E-state index in [1.807, 2.05) is 38.1 Å². The largest absolute Gasteiger partial charge is 0.493 e. The highest BCUT2D eigenvalue weighted by Gasteiger charge is 2.32. The van der Waals surface area contributed by atoms with Gasteiger partial charge in [-0.05, 0) is 32.0 Å². The number of nitrogens with one attached hydrogen (secondary N) is 3. The summed E-state index contributed by atoms with van der Waals surface area (Å²) in [5.41, 5.74) is -0.989. The quantitative estimate of drug-likeness (QED) is 0.297. The highest BCUT2D eigenvalue weighted by atomic mass is 19.4. The number of nitrogens with zero attached hydrogens (tertiary/aromatic N) is 3. The van der Waals surface area contributed by atoms with E-state index in [9.17, 15) is 13.2 Å². The average molecular weight is 440 g/mol. The maximum atomic E-state index is 12.7. The van der Waals surface area contributed by atoms with E-state index in [1.165, 1.54) is 0 Å². The Kier molecular flexibility index (Phi) is 9.16. The fourth-order valence-corrected chi connectivity index (χ4v) is 2.49. The SMILES string of the molecule is CCNC(=NCC(C)Oc1ccccc1OC)NCCNc1nccc(C(F)(F)F)n1. The number of para-hydroxylation sites is 2. The van der Waals surface area contributed by atoms with Gasteiger partial charge in [0.2, 0.25) is 5.95 Å². The van der Waals surface area contributed by atoms with Crippen LogP contribution in [-0.2, 0) is 6.18 Å². The molecule has 1 aromatic carbocycles. The molecule has 0 saturated heterocycles. The Morgan fingerprint density at radius 1 is 1.13 bits per heavy atom. The number of guanidine groups is 1. The zero-order chi connectivity index (χ0) is 22.7. The van der Waals surface area contributed by atoms with Crippen LogP contribution in [0.3, 0.4) is 0 Å². The van der Waals surface area contributed by atoms with Crippen molar-refractivity contribution in [3.8, 4) is 11.5 Å². The van der Waals surface area contributed by atoms with Crippen LogP contribution in [0.4, 0.5) is 19.1 Å². The molecule has 0 amide bonds. The lowest BCUT2D eigenvalue weighted by Gasteiger charge is -2.17. The van der Waals surface area contributed by atoms with Crippen molar-refractivity contribution in [2.24, 2.45) is 4.99 Å². The van der Waals surface area contributed by atoms with E-state index in [1.54, 1.807) is 7.11 Å². The predicted molar refractivity (Wildman–Crippen MR) is 113 cm³/mol. The zero-order valence-corrected chi connectivity index (χ0v) is 17.7. The van der Waals surface area contributed by atoms with Crippen molar-refractivity contribution in [2.45, 2.75) is 26.1 Å². The number of benzene rings is 1. The number of alkyl halides is 3. The average Bonchev–Trinajstić information content (AvgIpc) is 2.75. The molecule has 8 nitrogen and oxygen atoms in total. The Bertz CT molecular complexity index is 848. The standard InChI is InChI=1S/C20H27F3N6O2/c1-4-24-18(28-13-14(2)31-16-8-6-5-7-15(16)30-3)26-11-12-27-19-25-10-9-17(29-19)20(21,22)23/h5-10,14H,4,11-13H2,1-3H3,(H2,24,26,28)(H,25,27,29). The Labute approximate surface area is 179 Å². The summed E-state index contributed by atoms with van der Waals surface area (Å²) in [6.45, 7) is 5.56. The van der Waals surface area contributed by atoms with E-state index in [0.29, 0.717) is 43.6 Å². The van der Waals surface area contributed by atoms with Crippen LogP contribution in [0.2, 0.25) is 0 Å². The monoisotopic (exact) mass is 440 g/mol. The molecule has 2 rings (SSSR count). The third-order valence-electron chi connectivity index (χ3n) is 3.89. The van der Waals surface area contributed by atoms with Crippen molar-refractivity contribution in [3.63, 3.8) is 0 Å². The minimum atomic E-state index is -4.51. The van der Waals surface area contributed by atoms with E-state index in [0.717, 1.165) is 12.3 Å². The Balaban J connectivity index is 1.83. The highest BCUT2D eigenvalue weighted by Crippen LogP contribution is 2.28. The molecule has 0 aliphatic carbocycles. The van der Waals surface area contributed by atoms with Gasteiger partial charge >= 0.3 is 6.18 Å². The molecule has 11 heteroatoms. The maximum Gasteiger partial charge on any atom is 0.433 e. The number of ether oxygens (including phenoxy) is 2. The van der Waals surface area contributed by atoms with Crippen molar-refractivity contribution < 1.29 is 22.6 Å². The van der Waals surface area contributed by atoms with Crippen LogP contribution in [0, 0.1) is 0 Å². The van der Waals surface area contributed by atoms with Gasteiger partial charge in [-0.15, -0.1) is 0 Å². The minimum Gasteiger partial charge on any atom is -0.493 e. The van der Waals surface area contributed by atoms with E-state index in [-0.39, 0.29) is 12.1 Å². The summed E-state index contributed by atoms with van der Waals surface area (Å²) in [7, 11) is 1.58. The van der Waals surface area contributed by atoms with Crippen molar-refractivity contribution in [3.05, 3.63) is 42.2 Å². The summed E-state index contributed by atoms with van der Waals surface area (Å²) in [4.78, 5) is 11.7. The van der Waals surface area contributed by atoms with Gasteiger partial charge in [0.1, 0.15) is 11.8 Å². The molecule has 1 heterocycles. The molecule has 0 aliphatic rings. The first kappa shape index (κ1) is 24.0. The summed E-state index contributed by atoms with van der Waals surface area (Å²) in [6, 6.07) is 8.19. The number of anilines is 1. The number of halogens is 3. The molecule has 1 aromatic heterocycles. The molecular formula is C20H27F3N6O2. The zero-order valence-electron chi connectivity index (χ0n) is 17.7. The first-order valence-corrected chi connectivity index (χ1v) is 9.79. The third kappa shape index (κ3) is 8.19. The smallest absolute Gasteiger partial charge is 0.433 e. The van der Waals surface area contributed by atoms with E-state index in [2.05, 4.69) is 30.9 Å². The van der Waals surface area contributed by atoms with Gasteiger partial charge in [0.05, 0.1) is 13.7 Å². The molecule has 170 valence electrons. The molecule has 0 spiro atoms. The first-order chi connectivity index (χ1) is 14.8. The van der Waals surface area contributed by atoms with Crippen LogP contribution < -0.4 is 25.4 Å². The lowest BCUT2D eigenvalue weighted by atomic mass is 10.3. The predicted octanol–water partition coefficient (Wildman–Crippen LogP) is 2.94. The van der Waals surface area contributed by atoms with Crippen LogP contribution in [-0.4, -0.2) is 55.3 Å². The first-order valence-electron chi connectivity index (χ1n) is 9.79. The fraction of sp³-hybridized carbons (Fsp3) is 0.450. The highest BCUT2D eigenvalue weighted by molar-refractivity contribution is 5.79. The molecule has 0 aliphatic heterocycles. The summed E-state index contributed by atoms with van der Waals surface area (Å²) in [6.07, 6.45) is -3.64. The molecule has 1 unspecified atom stereocenters. The maximum absolute atomic E-state index is 12.7. The number of rotatable bonds is 10. The van der Waals surface area contributed by atoms with E-state index >= 15 is 0 Å². The molecule has 0 saturated carbocycles. The van der Waals surface area contributed by atoms with E-state index < -0.39 is 11.9 Å². The Morgan fingerprint density at radius 2 is 1.87 bits per heavy atom. The molecule has 0 radical (unpaired) electrons. The van der Waals surface area contributed by atoms with Crippen LogP contribution in [0.5, 0.6) is 11.5 Å². The van der Waals surface area contributed by atoms with Crippen molar-refractivity contribution in [1.29, 1.82) is 0 Å². The van der Waals surface area contributed by atoms with Gasteiger partial charge in [0.25, 0.3) is 0 Å². The second-order valence-corrected chi connectivity index (χ2v) is 6.42. The molecule has 0 bridgehead atoms. The van der Waals surface area contributed by atoms with Crippen molar-refractivity contribution >= 4 is 11.9 Å². The van der Waals surface area contributed by atoms with E-state index in [4.69, 9.17) is 9.47 Å². The summed E-state index contributed by atoms with van der Waals surface area (Å²) >= 11 is 0. The van der Waals surface area contributed by atoms with Gasteiger partial charge in [0, 0.05) is 25.8 Å². The fourth-order valence-electron chi connectivity index (χ4n) is 2.49. The topological polar surface area (TPSA) is 92.7 Å². The van der Waals surface area contributed by atoms with Gasteiger partial charge < -0.3 is 25.4 Å². The van der Waals surface area contributed by atoms with Gasteiger partial charge in [-0.1, -0.05) is 12.1 Å². The third-order valence-corrected chi connectivity index (χ3v) is 3.89. The van der Waals surface area contributed by atoms with Crippen LogP contribution in [0.15, 0.2) is 41.5 Å².